The maximum absolute atomic E-state index is 12.6. The van der Waals surface area contributed by atoms with Crippen LogP contribution in [0.2, 0.25) is 5.02 Å². The van der Waals surface area contributed by atoms with E-state index in [1.165, 1.54) is 4.88 Å². The van der Waals surface area contributed by atoms with Gasteiger partial charge in [0.1, 0.15) is 10.5 Å². The normalized spacial score (nSPS) is 23.4. The first-order chi connectivity index (χ1) is 12.4. The van der Waals surface area contributed by atoms with Crippen molar-refractivity contribution in [2.75, 3.05) is 0 Å². The molecule has 3 heterocycles. The predicted octanol–water partition coefficient (Wildman–Crippen LogP) is 3.98. The molecule has 1 N–H and O–H groups in total. The van der Waals surface area contributed by atoms with Crippen LogP contribution in [0.5, 0.6) is 0 Å². The van der Waals surface area contributed by atoms with Crippen LogP contribution in [0.4, 0.5) is 0 Å². The topological polar surface area (TPSA) is 63.0 Å². The van der Waals surface area contributed by atoms with Crippen LogP contribution in [0.1, 0.15) is 40.7 Å². The molecule has 0 radical (unpaired) electrons. The van der Waals surface area contributed by atoms with E-state index in [9.17, 15) is 4.79 Å². The maximum atomic E-state index is 12.6. The predicted molar refractivity (Wildman–Crippen MR) is 104 cm³/mol. The third-order valence-electron chi connectivity index (χ3n) is 5.57. The fraction of sp³-hybridized carbons (Fsp3) is 0.316. The van der Waals surface area contributed by atoms with Crippen molar-refractivity contribution in [3.05, 3.63) is 67.2 Å². The Kier molecular flexibility index (Phi) is 3.19. The highest BCUT2D eigenvalue weighted by Crippen LogP contribution is 2.56. The van der Waals surface area contributed by atoms with Gasteiger partial charge in [0.2, 0.25) is 0 Å². The number of aliphatic imine (C=N–C) groups is 1. The molecule has 2 aromatic heterocycles. The Bertz CT molecular complexity index is 1140. The summed E-state index contributed by atoms with van der Waals surface area (Å²) in [5.41, 5.74) is 3.48. The van der Waals surface area contributed by atoms with Gasteiger partial charge in [0.25, 0.3) is 0 Å². The van der Waals surface area contributed by atoms with E-state index in [0.717, 1.165) is 39.6 Å². The molecule has 1 fully saturated rings. The van der Waals surface area contributed by atoms with E-state index >= 15 is 0 Å². The fourth-order valence-corrected chi connectivity index (χ4v) is 5.10. The molecule has 0 unspecified atom stereocenters. The summed E-state index contributed by atoms with van der Waals surface area (Å²) in [6.07, 6.45) is 0.890. The van der Waals surface area contributed by atoms with Crippen molar-refractivity contribution in [3.63, 3.8) is 0 Å². The van der Waals surface area contributed by atoms with Gasteiger partial charge in [-0.05, 0) is 43.9 Å². The molecule has 5 rings (SSSR count). The molecule has 132 valence electrons. The number of rotatable bonds is 1. The number of fused-ring (bicyclic) bond motifs is 4. The summed E-state index contributed by atoms with van der Waals surface area (Å²) in [6.45, 7) is 6.33. The van der Waals surface area contributed by atoms with Gasteiger partial charge in [-0.3, -0.25) is 4.99 Å². The van der Waals surface area contributed by atoms with E-state index in [4.69, 9.17) is 16.6 Å². The van der Waals surface area contributed by atoms with E-state index < -0.39 is 5.54 Å². The van der Waals surface area contributed by atoms with Crippen molar-refractivity contribution in [2.45, 2.75) is 32.7 Å². The van der Waals surface area contributed by atoms with E-state index in [2.05, 4.69) is 31.0 Å². The van der Waals surface area contributed by atoms with Gasteiger partial charge in [-0.1, -0.05) is 30.7 Å². The number of halogens is 1. The van der Waals surface area contributed by atoms with Crippen molar-refractivity contribution in [1.29, 1.82) is 0 Å². The Hall–Kier alpha value is -2.18. The molecule has 1 saturated carbocycles. The second-order valence-corrected chi connectivity index (χ2v) is 8.79. The van der Waals surface area contributed by atoms with Gasteiger partial charge in [0.05, 0.1) is 5.71 Å². The van der Waals surface area contributed by atoms with Crippen LogP contribution in [-0.4, -0.2) is 20.5 Å². The summed E-state index contributed by atoms with van der Waals surface area (Å²) in [4.78, 5) is 19.0. The quantitative estimate of drug-likeness (QED) is 0.689. The standard InChI is InChI=1S/C19H17ClN4OS/c1-9-8-19(9)17-22-23-18(25)24(17)16-14(10(2)11(3)26-16)15(21-19)12-4-6-13(20)7-5-12/h4-7,9H,8H2,1-3H3,(H,23,25)/t9-,19+/m1/s1. The van der Waals surface area contributed by atoms with Crippen molar-refractivity contribution in [3.8, 4) is 5.00 Å². The summed E-state index contributed by atoms with van der Waals surface area (Å²) in [5, 5.41) is 8.59. The molecule has 1 aliphatic heterocycles. The van der Waals surface area contributed by atoms with Crippen LogP contribution in [-0.2, 0) is 5.54 Å². The van der Waals surface area contributed by atoms with Crippen molar-refractivity contribution in [2.24, 2.45) is 10.9 Å². The highest BCUT2D eigenvalue weighted by Gasteiger charge is 2.58. The average molecular weight is 385 g/mol. The molecular weight excluding hydrogens is 368 g/mol. The lowest BCUT2D eigenvalue weighted by Crippen LogP contribution is -2.19. The number of nitrogens with zero attached hydrogens (tertiary/aromatic N) is 3. The molecule has 0 amide bonds. The molecule has 1 spiro atoms. The van der Waals surface area contributed by atoms with Gasteiger partial charge >= 0.3 is 5.69 Å². The summed E-state index contributed by atoms with van der Waals surface area (Å²) in [6, 6.07) is 7.76. The number of thiophene rings is 1. The Labute approximate surface area is 159 Å². The summed E-state index contributed by atoms with van der Waals surface area (Å²) in [5.74, 6) is 1.07. The molecule has 0 saturated heterocycles. The zero-order valence-corrected chi connectivity index (χ0v) is 16.2. The summed E-state index contributed by atoms with van der Waals surface area (Å²) in [7, 11) is 0. The molecule has 1 aliphatic carbocycles. The van der Waals surface area contributed by atoms with Crippen molar-refractivity contribution >= 4 is 28.6 Å². The monoisotopic (exact) mass is 384 g/mol. The first kappa shape index (κ1) is 16.0. The van der Waals surface area contributed by atoms with Crippen LogP contribution in [0.3, 0.4) is 0 Å². The van der Waals surface area contributed by atoms with Crippen molar-refractivity contribution < 1.29 is 0 Å². The van der Waals surface area contributed by atoms with Crippen LogP contribution in [0, 0.1) is 19.8 Å². The molecule has 26 heavy (non-hydrogen) atoms. The lowest BCUT2D eigenvalue weighted by molar-refractivity contribution is 0.607. The second-order valence-electron chi connectivity index (χ2n) is 7.15. The van der Waals surface area contributed by atoms with Crippen LogP contribution >= 0.6 is 22.9 Å². The molecule has 5 nitrogen and oxygen atoms in total. The Morgan fingerprint density at radius 1 is 1.31 bits per heavy atom. The van der Waals surface area contributed by atoms with Crippen LogP contribution in [0.25, 0.3) is 5.00 Å². The first-order valence-corrected chi connectivity index (χ1v) is 9.76. The molecular formula is C19H17ClN4OS. The number of benzene rings is 1. The minimum atomic E-state index is -0.437. The molecule has 0 bridgehead atoms. The highest BCUT2D eigenvalue weighted by molar-refractivity contribution is 7.15. The minimum absolute atomic E-state index is 0.200. The lowest BCUT2D eigenvalue weighted by atomic mass is 9.99. The highest BCUT2D eigenvalue weighted by atomic mass is 35.5. The Morgan fingerprint density at radius 3 is 2.65 bits per heavy atom. The molecule has 7 heteroatoms. The van der Waals surface area contributed by atoms with Gasteiger partial charge in [0.15, 0.2) is 5.82 Å². The second kappa shape index (κ2) is 5.18. The van der Waals surface area contributed by atoms with Gasteiger partial charge in [-0.15, -0.1) is 11.3 Å². The van der Waals surface area contributed by atoms with E-state index in [0.29, 0.717) is 10.9 Å². The van der Waals surface area contributed by atoms with Gasteiger partial charge in [0, 0.05) is 21.0 Å². The SMILES string of the molecule is Cc1sc2c(c1C)C(c1ccc(Cl)cc1)=N[C@]1(C[C@H]1C)c1n[nH]c(=O)n1-2. The largest absolute Gasteiger partial charge is 0.348 e. The number of aryl methyl sites for hydroxylation is 1. The molecule has 2 atom stereocenters. The zero-order valence-electron chi connectivity index (χ0n) is 14.6. The van der Waals surface area contributed by atoms with Crippen LogP contribution in [0.15, 0.2) is 34.1 Å². The number of H-pyrrole nitrogens is 1. The van der Waals surface area contributed by atoms with Gasteiger partial charge in [-0.25, -0.2) is 14.5 Å². The molecule has 3 aromatic rings. The third kappa shape index (κ3) is 2.00. The van der Waals surface area contributed by atoms with Gasteiger partial charge in [-0.2, -0.15) is 5.10 Å². The minimum Gasteiger partial charge on any atom is -0.269 e. The van der Waals surface area contributed by atoms with Crippen molar-refractivity contribution in [1.82, 2.24) is 14.8 Å². The average Bonchev–Trinajstić information content (AvgIpc) is 2.98. The number of aromatic nitrogens is 3. The number of hydrogen-bond donors (Lipinski definition) is 1. The Morgan fingerprint density at radius 2 is 2.00 bits per heavy atom. The molecule has 1 aromatic carbocycles. The Balaban J connectivity index is 1.89. The first-order valence-electron chi connectivity index (χ1n) is 8.57. The molecule has 2 aliphatic rings. The summed E-state index contributed by atoms with van der Waals surface area (Å²) >= 11 is 7.71. The number of aromatic amines is 1. The third-order valence-corrected chi connectivity index (χ3v) is 7.01. The maximum Gasteiger partial charge on any atom is 0.348 e. The van der Waals surface area contributed by atoms with E-state index in [1.54, 1.807) is 15.9 Å². The van der Waals surface area contributed by atoms with E-state index in [1.807, 2.05) is 24.3 Å². The van der Waals surface area contributed by atoms with E-state index in [-0.39, 0.29) is 5.69 Å². The van der Waals surface area contributed by atoms with Gasteiger partial charge < -0.3 is 0 Å². The lowest BCUT2D eigenvalue weighted by Gasteiger charge is -2.11. The van der Waals surface area contributed by atoms with Crippen LogP contribution < -0.4 is 5.69 Å². The number of nitrogens with one attached hydrogen (secondary N) is 1. The summed E-state index contributed by atoms with van der Waals surface area (Å²) < 4.78 is 1.73. The number of hydrogen-bond acceptors (Lipinski definition) is 4. The smallest absolute Gasteiger partial charge is 0.269 e. The zero-order chi connectivity index (χ0) is 18.2. The fourth-order valence-electron chi connectivity index (χ4n) is 3.82.